The Kier molecular flexibility index (Phi) is 3.71. The fourth-order valence-corrected chi connectivity index (χ4v) is 2.15. The van der Waals surface area contributed by atoms with Crippen LogP contribution in [0.2, 0.25) is 0 Å². The van der Waals surface area contributed by atoms with Gasteiger partial charge in [-0.2, -0.15) is 5.10 Å². The molecule has 0 atom stereocenters. The lowest BCUT2D eigenvalue weighted by Crippen LogP contribution is -2.28. The van der Waals surface area contributed by atoms with Crippen LogP contribution in [0.4, 0.5) is 0 Å². The first-order chi connectivity index (χ1) is 8.54. The quantitative estimate of drug-likeness (QED) is 0.897. The summed E-state index contributed by atoms with van der Waals surface area (Å²) in [6.45, 7) is 4.17. The number of carbonyl (C=O) groups is 1. The average molecular weight is 265 g/mol. The van der Waals surface area contributed by atoms with E-state index in [1.54, 1.807) is 23.3 Å². The van der Waals surface area contributed by atoms with Gasteiger partial charge < -0.3 is 4.90 Å². The second-order valence-electron chi connectivity index (χ2n) is 4.12. The van der Waals surface area contributed by atoms with Crippen molar-refractivity contribution in [1.29, 1.82) is 0 Å². The van der Waals surface area contributed by atoms with Crippen molar-refractivity contribution in [3.63, 3.8) is 0 Å². The number of aromatic amines is 1. The monoisotopic (exact) mass is 265 g/mol. The Balaban J connectivity index is 1.92. The number of likely N-dealkylation sites (N-methyl/N-ethyl adjacent to an activating group) is 1. The summed E-state index contributed by atoms with van der Waals surface area (Å²) in [7, 11) is 1.74. The van der Waals surface area contributed by atoms with E-state index < -0.39 is 0 Å². The second kappa shape index (κ2) is 5.26. The zero-order valence-corrected chi connectivity index (χ0v) is 11.4. The number of aryl methyl sites for hydroxylation is 2. The topological polar surface area (TPSA) is 74.8 Å². The van der Waals surface area contributed by atoms with Crippen molar-refractivity contribution < 1.29 is 4.79 Å². The Bertz CT molecular complexity index is 547. The van der Waals surface area contributed by atoms with Crippen molar-refractivity contribution in [2.24, 2.45) is 0 Å². The molecule has 2 aromatic rings. The molecule has 0 saturated carbocycles. The predicted octanol–water partition coefficient (Wildman–Crippen LogP) is 1.08. The third-order valence-corrected chi connectivity index (χ3v) is 3.27. The molecule has 1 N–H and O–H groups in total. The van der Waals surface area contributed by atoms with Crippen molar-refractivity contribution in [2.75, 3.05) is 7.05 Å². The Labute approximate surface area is 109 Å². The van der Waals surface area contributed by atoms with Crippen LogP contribution in [0.1, 0.15) is 22.4 Å². The lowest BCUT2D eigenvalue weighted by atomic mass is 10.3. The summed E-state index contributed by atoms with van der Waals surface area (Å²) in [5.74, 6) is 1.39. The van der Waals surface area contributed by atoms with Crippen molar-refractivity contribution in [3.05, 3.63) is 27.7 Å². The normalized spacial score (nSPS) is 10.6. The highest BCUT2D eigenvalue weighted by molar-refractivity contribution is 7.09. The number of thiazole rings is 1. The maximum Gasteiger partial charge on any atom is 0.228 e. The van der Waals surface area contributed by atoms with Crippen molar-refractivity contribution in [2.45, 2.75) is 26.8 Å². The molecule has 96 valence electrons. The second-order valence-corrected chi connectivity index (χ2v) is 5.18. The van der Waals surface area contributed by atoms with Crippen LogP contribution >= 0.6 is 11.3 Å². The van der Waals surface area contributed by atoms with Crippen molar-refractivity contribution in [1.82, 2.24) is 25.1 Å². The van der Waals surface area contributed by atoms with Gasteiger partial charge in [0.2, 0.25) is 5.91 Å². The molecule has 18 heavy (non-hydrogen) atoms. The van der Waals surface area contributed by atoms with E-state index >= 15 is 0 Å². The molecule has 7 heteroatoms. The van der Waals surface area contributed by atoms with E-state index in [0.29, 0.717) is 18.8 Å². The van der Waals surface area contributed by atoms with Crippen LogP contribution in [0.15, 0.2) is 5.38 Å². The van der Waals surface area contributed by atoms with Crippen LogP contribution < -0.4 is 0 Å². The average Bonchev–Trinajstić information content (AvgIpc) is 2.88. The molecule has 0 saturated heterocycles. The van der Waals surface area contributed by atoms with Gasteiger partial charge in [0.1, 0.15) is 5.82 Å². The van der Waals surface area contributed by atoms with Gasteiger partial charge in [0.05, 0.1) is 23.7 Å². The molecule has 0 aromatic carbocycles. The third kappa shape index (κ3) is 3.13. The molecular formula is C11H15N5OS. The Morgan fingerprint density at radius 3 is 2.78 bits per heavy atom. The first kappa shape index (κ1) is 12.7. The molecule has 2 rings (SSSR count). The van der Waals surface area contributed by atoms with Crippen LogP contribution in [0.5, 0.6) is 0 Å². The Morgan fingerprint density at radius 1 is 1.44 bits per heavy atom. The number of nitrogens with zero attached hydrogens (tertiary/aromatic N) is 4. The lowest BCUT2D eigenvalue weighted by Gasteiger charge is -2.14. The van der Waals surface area contributed by atoms with E-state index in [1.165, 1.54) is 0 Å². The number of hydrogen-bond acceptors (Lipinski definition) is 5. The molecule has 6 nitrogen and oxygen atoms in total. The molecule has 2 aromatic heterocycles. The van der Waals surface area contributed by atoms with Crippen molar-refractivity contribution >= 4 is 17.2 Å². The number of H-pyrrole nitrogens is 1. The summed E-state index contributed by atoms with van der Waals surface area (Å²) in [6.07, 6.45) is 0.324. The molecule has 0 aliphatic carbocycles. The number of carbonyl (C=O) groups excluding carboxylic acids is 1. The smallest absolute Gasteiger partial charge is 0.228 e. The molecule has 0 radical (unpaired) electrons. The van der Waals surface area contributed by atoms with E-state index in [1.807, 2.05) is 19.2 Å². The summed E-state index contributed by atoms with van der Waals surface area (Å²) in [4.78, 5) is 22.0. The number of hydrogen-bond donors (Lipinski definition) is 1. The number of aromatic nitrogens is 4. The van der Waals surface area contributed by atoms with Crippen LogP contribution in [0, 0.1) is 13.8 Å². The molecule has 2 heterocycles. The third-order valence-electron chi connectivity index (χ3n) is 2.45. The summed E-state index contributed by atoms with van der Waals surface area (Å²) < 4.78 is 0. The molecule has 0 unspecified atom stereocenters. The molecule has 1 amide bonds. The van der Waals surface area contributed by atoms with Crippen LogP contribution in [-0.4, -0.2) is 38.0 Å². The Morgan fingerprint density at radius 2 is 2.22 bits per heavy atom. The molecule has 0 spiro atoms. The molecular weight excluding hydrogens is 250 g/mol. The maximum absolute atomic E-state index is 12.0. The van der Waals surface area contributed by atoms with Gasteiger partial charge in [0, 0.05) is 12.4 Å². The summed E-state index contributed by atoms with van der Waals surface area (Å²) in [6, 6.07) is 0. The van der Waals surface area contributed by atoms with Gasteiger partial charge in [0.25, 0.3) is 0 Å². The minimum absolute atomic E-state index is 0.0164. The fourth-order valence-electron chi connectivity index (χ4n) is 1.54. The largest absolute Gasteiger partial charge is 0.338 e. The highest BCUT2D eigenvalue weighted by Crippen LogP contribution is 2.09. The van der Waals surface area contributed by atoms with Crippen LogP contribution in [0.25, 0.3) is 0 Å². The number of amides is 1. The van der Waals surface area contributed by atoms with Gasteiger partial charge in [-0.15, -0.1) is 11.3 Å². The van der Waals surface area contributed by atoms with Crippen LogP contribution in [0.3, 0.4) is 0 Å². The minimum atomic E-state index is 0.0164. The zero-order chi connectivity index (χ0) is 13.1. The summed E-state index contributed by atoms with van der Waals surface area (Å²) in [5.41, 5.74) is 0.820. The Hall–Kier alpha value is -1.76. The molecule has 0 bridgehead atoms. The van der Waals surface area contributed by atoms with Crippen molar-refractivity contribution in [3.8, 4) is 0 Å². The highest BCUT2D eigenvalue weighted by Gasteiger charge is 2.13. The zero-order valence-electron chi connectivity index (χ0n) is 10.6. The fraction of sp³-hybridized carbons (Fsp3) is 0.455. The minimum Gasteiger partial charge on any atom is -0.338 e. The first-order valence-corrected chi connectivity index (χ1v) is 6.45. The van der Waals surface area contributed by atoms with Gasteiger partial charge in [0.15, 0.2) is 5.82 Å². The van der Waals surface area contributed by atoms with E-state index in [0.717, 1.165) is 16.5 Å². The number of rotatable bonds is 4. The maximum atomic E-state index is 12.0. The van der Waals surface area contributed by atoms with Gasteiger partial charge >= 0.3 is 0 Å². The standard InChI is InChI=1S/C11H15N5OS/c1-7-12-10(15-14-7)5-16(3)11(17)4-9-6-18-8(2)13-9/h6H,4-5H2,1-3H3,(H,12,14,15). The highest BCUT2D eigenvalue weighted by atomic mass is 32.1. The predicted molar refractivity (Wildman–Crippen MR) is 68.1 cm³/mol. The van der Waals surface area contributed by atoms with Crippen LogP contribution in [-0.2, 0) is 17.8 Å². The molecule has 0 aliphatic heterocycles. The summed E-state index contributed by atoms with van der Waals surface area (Å²) >= 11 is 1.55. The van der Waals surface area contributed by atoms with E-state index in [4.69, 9.17) is 0 Å². The first-order valence-electron chi connectivity index (χ1n) is 5.57. The van der Waals surface area contributed by atoms with Gasteiger partial charge in [-0.1, -0.05) is 0 Å². The van der Waals surface area contributed by atoms with Gasteiger partial charge in [-0.3, -0.25) is 9.89 Å². The van der Waals surface area contributed by atoms with E-state index in [-0.39, 0.29) is 5.91 Å². The lowest BCUT2D eigenvalue weighted by molar-refractivity contribution is -0.129. The number of nitrogens with one attached hydrogen (secondary N) is 1. The van der Waals surface area contributed by atoms with Gasteiger partial charge in [-0.05, 0) is 13.8 Å². The summed E-state index contributed by atoms with van der Waals surface area (Å²) in [5, 5.41) is 9.65. The van der Waals surface area contributed by atoms with E-state index in [2.05, 4.69) is 20.2 Å². The van der Waals surface area contributed by atoms with Gasteiger partial charge in [-0.25, -0.2) is 9.97 Å². The molecule has 0 aliphatic rings. The van der Waals surface area contributed by atoms with E-state index in [9.17, 15) is 4.79 Å². The SMILES string of the molecule is Cc1nc(CN(C)C(=O)Cc2csc(C)n2)n[nH]1. The molecule has 0 fully saturated rings.